The summed E-state index contributed by atoms with van der Waals surface area (Å²) in [6, 6.07) is 83.7. The summed E-state index contributed by atoms with van der Waals surface area (Å²) in [5.41, 5.74) is 13.5. The maximum absolute atomic E-state index is 6.58. The van der Waals surface area contributed by atoms with E-state index in [1.165, 1.54) is 54.6 Å². The highest BCUT2D eigenvalue weighted by Crippen LogP contribution is 2.40. The fraction of sp³-hybridized carbons (Fsp3) is 0. The number of benzene rings is 11. The molecule has 0 unspecified atom stereocenters. The molecule has 13 aromatic rings. The molecule has 11 aromatic carbocycles. The zero-order chi connectivity index (χ0) is 44.3. The summed E-state index contributed by atoms with van der Waals surface area (Å²) in [6.45, 7) is 0. The predicted octanol–water partition coefficient (Wildman–Crippen LogP) is 16.9. The van der Waals surface area contributed by atoms with Crippen molar-refractivity contribution in [3.05, 3.63) is 237 Å². The number of hydrogen-bond acceptors (Lipinski definition) is 4. The Morgan fingerprint density at radius 1 is 0.209 bits per heavy atom. The Balaban J connectivity index is 0.839. The molecule has 0 spiro atoms. The van der Waals surface area contributed by atoms with Gasteiger partial charge in [-0.25, -0.2) is 15.0 Å². The third kappa shape index (κ3) is 6.82. The van der Waals surface area contributed by atoms with Gasteiger partial charge in [-0.05, 0) is 119 Å². The fourth-order valence-electron chi connectivity index (χ4n) is 9.83. The van der Waals surface area contributed by atoms with Gasteiger partial charge in [0.2, 0.25) is 0 Å². The lowest BCUT2D eigenvalue weighted by Crippen LogP contribution is -2.01. The zero-order valence-corrected chi connectivity index (χ0v) is 36.3. The van der Waals surface area contributed by atoms with Crippen molar-refractivity contribution >= 4 is 54.3 Å². The lowest BCUT2D eigenvalue weighted by molar-refractivity contribution is 0.669. The van der Waals surface area contributed by atoms with Gasteiger partial charge in [-0.3, -0.25) is 0 Å². The maximum atomic E-state index is 6.58. The van der Waals surface area contributed by atoms with Crippen LogP contribution in [0.5, 0.6) is 0 Å². The summed E-state index contributed by atoms with van der Waals surface area (Å²) in [6.07, 6.45) is 0. The SMILES string of the molecule is c1ccc(-c2nc(-c3ccccc3)nc(-c3ccccc3-c3ccc4c(c3)oc3ccc(-c5cccc(-c6cccc(-c7ccc8c9ccccc9c9ccccc9c8c7)c6)c5)cc34)n2)cc1. The highest BCUT2D eigenvalue weighted by atomic mass is 16.3. The van der Waals surface area contributed by atoms with Gasteiger partial charge < -0.3 is 4.42 Å². The average molecular weight is 854 g/mol. The Kier molecular flexibility index (Phi) is 9.14. The third-order valence-corrected chi connectivity index (χ3v) is 13.1. The molecule has 0 amide bonds. The van der Waals surface area contributed by atoms with Crippen LogP contribution in [0, 0.1) is 0 Å². The second kappa shape index (κ2) is 15.9. The molecule has 0 saturated heterocycles. The van der Waals surface area contributed by atoms with Gasteiger partial charge in [0.15, 0.2) is 17.5 Å². The molecule has 4 heteroatoms. The standard InChI is InChI=1S/C63H39N3O/c1-3-15-40(16-4-1)61-64-62(41-17-5-2-6-18-41)66-63(65-61)56-28-12-7-23-49(56)48-30-33-55-58-38-47(31-34-59(58)67-60(55)39-48)45-22-14-20-43(36-45)42-19-13-21-44(35-42)46-29-32-54-52-26-9-8-24-50(52)51-25-10-11-27-53(51)57(54)37-46/h1-39H. The number of hydrogen-bond donors (Lipinski definition) is 0. The van der Waals surface area contributed by atoms with Gasteiger partial charge in [0.25, 0.3) is 0 Å². The highest BCUT2D eigenvalue weighted by Gasteiger charge is 2.18. The second-order valence-corrected chi connectivity index (χ2v) is 17.1. The van der Waals surface area contributed by atoms with E-state index >= 15 is 0 Å². The van der Waals surface area contributed by atoms with Gasteiger partial charge in [-0.2, -0.15) is 0 Å². The Morgan fingerprint density at radius 3 is 1.19 bits per heavy atom. The van der Waals surface area contributed by atoms with Crippen LogP contribution in [0.1, 0.15) is 0 Å². The molecule has 2 aromatic heterocycles. The molecule has 2 heterocycles. The minimum Gasteiger partial charge on any atom is -0.456 e. The van der Waals surface area contributed by atoms with Gasteiger partial charge in [-0.1, -0.05) is 194 Å². The predicted molar refractivity (Wildman–Crippen MR) is 278 cm³/mol. The van der Waals surface area contributed by atoms with Crippen LogP contribution in [0.4, 0.5) is 0 Å². The van der Waals surface area contributed by atoms with E-state index < -0.39 is 0 Å². The summed E-state index contributed by atoms with van der Waals surface area (Å²) in [5, 5.41) is 9.84. The smallest absolute Gasteiger partial charge is 0.164 e. The molecule has 0 aliphatic rings. The van der Waals surface area contributed by atoms with Gasteiger partial charge in [0.1, 0.15) is 11.2 Å². The summed E-state index contributed by atoms with van der Waals surface area (Å²) in [7, 11) is 0. The Hall–Kier alpha value is -8.99. The lowest BCUT2D eigenvalue weighted by Gasteiger charge is -2.13. The van der Waals surface area contributed by atoms with Crippen LogP contribution in [0.25, 0.3) is 133 Å². The van der Waals surface area contributed by atoms with E-state index in [9.17, 15) is 0 Å². The summed E-state index contributed by atoms with van der Waals surface area (Å²) in [4.78, 5) is 15.0. The number of aromatic nitrogens is 3. The van der Waals surface area contributed by atoms with E-state index in [-0.39, 0.29) is 0 Å². The van der Waals surface area contributed by atoms with E-state index in [1.54, 1.807) is 0 Å². The second-order valence-electron chi connectivity index (χ2n) is 17.1. The number of nitrogens with zero attached hydrogens (tertiary/aromatic N) is 3. The molecule has 0 aliphatic carbocycles. The fourth-order valence-corrected chi connectivity index (χ4v) is 9.83. The zero-order valence-electron chi connectivity index (χ0n) is 36.3. The molecule has 0 saturated carbocycles. The quantitative estimate of drug-likeness (QED) is 0.150. The topological polar surface area (TPSA) is 51.8 Å². The lowest BCUT2D eigenvalue weighted by atomic mass is 9.91. The van der Waals surface area contributed by atoms with Crippen molar-refractivity contribution in [3.8, 4) is 78.7 Å². The minimum atomic E-state index is 0.614. The van der Waals surface area contributed by atoms with Crippen LogP contribution in [0.3, 0.4) is 0 Å². The molecule has 0 bridgehead atoms. The van der Waals surface area contributed by atoms with Crippen molar-refractivity contribution in [1.82, 2.24) is 15.0 Å². The van der Waals surface area contributed by atoms with Crippen molar-refractivity contribution in [2.45, 2.75) is 0 Å². The van der Waals surface area contributed by atoms with Gasteiger partial charge >= 0.3 is 0 Å². The molecule has 4 nitrogen and oxygen atoms in total. The first-order chi connectivity index (χ1) is 33.2. The Labute approximate surface area is 387 Å². The van der Waals surface area contributed by atoms with E-state index in [2.05, 4.69) is 170 Å². The Bertz CT molecular complexity index is 3950. The molecule has 0 atom stereocenters. The molecule has 0 aliphatic heterocycles. The van der Waals surface area contributed by atoms with Crippen molar-refractivity contribution in [1.29, 1.82) is 0 Å². The molecule has 0 N–H and O–H groups in total. The van der Waals surface area contributed by atoms with Crippen LogP contribution >= 0.6 is 0 Å². The molecule has 312 valence electrons. The van der Waals surface area contributed by atoms with Crippen LogP contribution < -0.4 is 0 Å². The van der Waals surface area contributed by atoms with Crippen LogP contribution in [0.2, 0.25) is 0 Å². The maximum Gasteiger partial charge on any atom is 0.164 e. The summed E-state index contributed by atoms with van der Waals surface area (Å²) < 4.78 is 6.58. The first kappa shape index (κ1) is 38.5. The van der Waals surface area contributed by atoms with E-state index in [1.807, 2.05) is 66.7 Å². The molecule has 13 rings (SSSR count). The summed E-state index contributed by atoms with van der Waals surface area (Å²) in [5.74, 6) is 1.87. The largest absolute Gasteiger partial charge is 0.456 e. The van der Waals surface area contributed by atoms with E-state index in [4.69, 9.17) is 19.4 Å². The van der Waals surface area contributed by atoms with E-state index in [0.717, 1.165) is 60.9 Å². The number of furan rings is 1. The van der Waals surface area contributed by atoms with Crippen molar-refractivity contribution in [3.63, 3.8) is 0 Å². The van der Waals surface area contributed by atoms with Crippen LogP contribution in [-0.4, -0.2) is 15.0 Å². The summed E-state index contributed by atoms with van der Waals surface area (Å²) >= 11 is 0. The number of rotatable bonds is 7. The molecular formula is C63H39N3O. The van der Waals surface area contributed by atoms with Crippen molar-refractivity contribution < 1.29 is 4.42 Å². The van der Waals surface area contributed by atoms with Crippen LogP contribution in [-0.2, 0) is 0 Å². The highest BCUT2D eigenvalue weighted by molar-refractivity contribution is 6.25. The molecule has 67 heavy (non-hydrogen) atoms. The monoisotopic (exact) mass is 853 g/mol. The van der Waals surface area contributed by atoms with Crippen molar-refractivity contribution in [2.24, 2.45) is 0 Å². The number of fused-ring (bicyclic) bond motifs is 9. The molecule has 0 radical (unpaired) electrons. The molecular weight excluding hydrogens is 815 g/mol. The normalized spacial score (nSPS) is 11.6. The van der Waals surface area contributed by atoms with Crippen molar-refractivity contribution in [2.75, 3.05) is 0 Å². The first-order valence-corrected chi connectivity index (χ1v) is 22.7. The van der Waals surface area contributed by atoms with Gasteiger partial charge in [0.05, 0.1) is 0 Å². The molecule has 0 fully saturated rings. The van der Waals surface area contributed by atoms with Gasteiger partial charge in [0, 0.05) is 27.5 Å². The third-order valence-electron chi connectivity index (χ3n) is 13.1. The minimum absolute atomic E-state index is 0.614. The van der Waals surface area contributed by atoms with E-state index in [0.29, 0.717) is 17.5 Å². The average Bonchev–Trinajstić information content (AvgIpc) is 3.78. The van der Waals surface area contributed by atoms with Crippen LogP contribution in [0.15, 0.2) is 241 Å². The first-order valence-electron chi connectivity index (χ1n) is 22.7. The van der Waals surface area contributed by atoms with Gasteiger partial charge in [-0.15, -0.1) is 0 Å². The Morgan fingerprint density at radius 2 is 0.612 bits per heavy atom.